The molecule has 1 aliphatic heterocycles. The van der Waals surface area contributed by atoms with E-state index in [9.17, 15) is 21.6 Å². The summed E-state index contributed by atoms with van der Waals surface area (Å²) >= 11 is 0. The predicted octanol–water partition coefficient (Wildman–Crippen LogP) is 2.29. The van der Waals surface area contributed by atoms with Crippen LogP contribution < -0.4 is 10.0 Å². The zero-order valence-corrected chi connectivity index (χ0v) is 12.1. The van der Waals surface area contributed by atoms with Gasteiger partial charge in [0, 0.05) is 24.7 Å². The smallest absolute Gasteiger partial charge is 0.383 e. The highest BCUT2D eigenvalue weighted by Crippen LogP contribution is 2.23. The van der Waals surface area contributed by atoms with Crippen LogP contribution in [0.4, 0.5) is 18.9 Å². The average Bonchev–Trinajstić information content (AvgIpc) is 2.36. The molecule has 8 heteroatoms. The maximum Gasteiger partial charge on any atom is 0.389 e. The van der Waals surface area contributed by atoms with E-state index in [0.29, 0.717) is 13.0 Å². The van der Waals surface area contributed by atoms with Gasteiger partial charge in [0.2, 0.25) is 10.0 Å². The molecule has 0 spiro atoms. The van der Waals surface area contributed by atoms with Crippen molar-refractivity contribution in [1.82, 2.24) is 4.72 Å². The van der Waals surface area contributed by atoms with Crippen molar-refractivity contribution in [1.29, 1.82) is 0 Å². The van der Waals surface area contributed by atoms with Crippen LogP contribution in [0.1, 0.15) is 18.4 Å². The minimum Gasteiger partial charge on any atom is -0.383 e. The van der Waals surface area contributed by atoms with Gasteiger partial charge in [-0.3, -0.25) is 0 Å². The van der Waals surface area contributed by atoms with Crippen molar-refractivity contribution in [3.8, 4) is 0 Å². The van der Waals surface area contributed by atoms with Crippen molar-refractivity contribution in [2.75, 3.05) is 17.6 Å². The lowest BCUT2D eigenvalue weighted by Gasteiger charge is -2.26. The van der Waals surface area contributed by atoms with Gasteiger partial charge in [0.25, 0.3) is 0 Å². The molecule has 1 atom stereocenters. The lowest BCUT2D eigenvalue weighted by Crippen LogP contribution is -2.44. The Morgan fingerprint density at radius 1 is 1.29 bits per heavy atom. The molecule has 1 aromatic rings. The van der Waals surface area contributed by atoms with E-state index in [1.807, 2.05) is 24.3 Å². The fourth-order valence-corrected chi connectivity index (χ4v) is 3.62. The number of anilines is 1. The first kappa shape index (κ1) is 16.1. The second-order valence-corrected chi connectivity index (χ2v) is 6.97. The van der Waals surface area contributed by atoms with Crippen molar-refractivity contribution in [3.05, 3.63) is 29.8 Å². The molecule has 0 radical (unpaired) electrons. The zero-order chi connectivity index (χ0) is 15.5. The van der Waals surface area contributed by atoms with Crippen LogP contribution >= 0.6 is 0 Å². The Balaban J connectivity index is 1.87. The summed E-state index contributed by atoms with van der Waals surface area (Å²) in [6, 6.07) is 7.21. The Kier molecular flexibility index (Phi) is 4.77. The molecule has 2 N–H and O–H groups in total. The first-order valence-corrected chi connectivity index (χ1v) is 8.29. The van der Waals surface area contributed by atoms with Gasteiger partial charge < -0.3 is 5.32 Å². The van der Waals surface area contributed by atoms with Gasteiger partial charge in [-0.2, -0.15) is 13.2 Å². The highest BCUT2D eigenvalue weighted by molar-refractivity contribution is 7.89. The molecular formula is C13H17F3N2O2S. The van der Waals surface area contributed by atoms with Crippen LogP contribution in [0.15, 0.2) is 24.3 Å². The molecule has 1 heterocycles. The van der Waals surface area contributed by atoms with Gasteiger partial charge in [-0.05, 0) is 24.5 Å². The summed E-state index contributed by atoms with van der Waals surface area (Å²) in [5, 5.41) is 3.11. The van der Waals surface area contributed by atoms with E-state index >= 15 is 0 Å². The molecule has 1 aliphatic rings. The molecule has 2 rings (SSSR count). The standard InChI is InChI=1S/C13H17F3N2O2S/c14-13(15,16)6-3-7-21(19,20)18-11-8-10-4-1-2-5-12(10)17-9-11/h1-2,4-5,11,17-18H,3,6-9H2. The summed E-state index contributed by atoms with van der Waals surface area (Å²) in [6.07, 6.45) is -5.29. The topological polar surface area (TPSA) is 58.2 Å². The number of benzene rings is 1. The summed E-state index contributed by atoms with van der Waals surface area (Å²) in [6.45, 7) is 0.426. The lowest BCUT2D eigenvalue weighted by atomic mass is 10.0. The van der Waals surface area contributed by atoms with Crippen LogP contribution in [0.2, 0.25) is 0 Å². The molecule has 1 unspecified atom stereocenters. The average molecular weight is 322 g/mol. The fraction of sp³-hybridized carbons (Fsp3) is 0.538. The molecule has 118 valence electrons. The second-order valence-electron chi connectivity index (χ2n) is 5.09. The number of para-hydroxylation sites is 1. The monoisotopic (exact) mass is 322 g/mol. The van der Waals surface area contributed by atoms with Crippen molar-refractivity contribution < 1.29 is 21.6 Å². The van der Waals surface area contributed by atoms with Crippen molar-refractivity contribution in [2.45, 2.75) is 31.5 Å². The highest BCUT2D eigenvalue weighted by Gasteiger charge is 2.28. The van der Waals surface area contributed by atoms with E-state index in [1.165, 1.54) is 0 Å². The van der Waals surface area contributed by atoms with E-state index < -0.39 is 34.8 Å². The van der Waals surface area contributed by atoms with E-state index in [0.717, 1.165) is 11.3 Å². The summed E-state index contributed by atoms with van der Waals surface area (Å²) in [5.74, 6) is -0.509. The fourth-order valence-electron chi connectivity index (χ4n) is 2.30. The molecule has 0 aliphatic carbocycles. The van der Waals surface area contributed by atoms with Gasteiger partial charge in [-0.25, -0.2) is 13.1 Å². The van der Waals surface area contributed by atoms with Crippen molar-refractivity contribution in [2.24, 2.45) is 0 Å². The normalized spacial score (nSPS) is 18.9. The minimum atomic E-state index is -4.32. The number of fused-ring (bicyclic) bond motifs is 1. The van der Waals surface area contributed by atoms with Crippen molar-refractivity contribution in [3.63, 3.8) is 0 Å². The first-order chi connectivity index (χ1) is 9.75. The molecule has 0 amide bonds. The number of alkyl halides is 3. The summed E-state index contributed by atoms with van der Waals surface area (Å²) in [7, 11) is -3.70. The largest absolute Gasteiger partial charge is 0.389 e. The molecule has 4 nitrogen and oxygen atoms in total. The van der Waals surface area contributed by atoms with Crippen LogP contribution in [-0.4, -0.2) is 32.9 Å². The number of sulfonamides is 1. The van der Waals surface area contributed by atoms with E-state index in [-0.39, 0.29) is 6.04 Å². The molecule has 21 heavy (non-hydrogen) atoms. The van der Waals surface area contributed by atoms with Crippen molar-refractivity contribution >= 4 is 15.7 Å². The van der Waals surface area contributed by atoms with Gasteiger partial charge in [0.15, 0.2) is 0 Å². The molecule has 0 aromatic heterocycles. The maximum absolute atomic E-state index is 12.0. The molecule has 0 saturated carbocycles. The highest BCUT2D eigenvalue weighted by atomic mass is 32.2. The van der Waals surface area contributed by atoms with Crippen LogP contribution in [0.3, 0.4) is 0 Å². The third kappa shape index (κ3) is 5.20. The number of halogens is 3. The number of rotatable bonds is 5. The summed E-state index contributed by atoms with van der Waals surface area (Å²) in [4.78, 5) is 0. The van der Waals surface area contributed by atoms with Gasteiger partial charge >= 0.3 is 6.18 Å². The van der Waals surface area contributed by atoms with E-state index in [4.69, 9.17) is 0 Å². The number of hydrogen-bond acceptors (Lipinski definition) is 3. The third-order valence-electron chi connectivity index (χ3n) is 3.24. The Hall–Kier alpha value is -1.28. The summed E-state index contributed by atoms with van der Waals surface area (Å²) in [5.41, 5.74) is 1.96. The Bertz CT molecular complexity index is 587. The summed E-state index contributed by atoms with van der Waals surface area (Å²) < 4.78 is 62.1. The Labute approximate surface area is 121 Å². The molecular weight excluding hydrogens is 305 g/mol. The van der Waals surface area contributed by atoms with Crippen LogP contribution in [0.25, 0.3) is 0 Å². The van der Waals surface area contributed by atoms with Gasteiger partial charge in [-0.1, -0.05) is 18.2 Å². The van der Waals surface area contributed by atoms with E-state index in [1.54, 1.807) is 0 Å². The lowest BCUT2D eigenvalue weighted by molar-refractivity contribution is -0.134. The molecule has 0 saturated heterocycles. The minimum absolute atomic E-state index is 0.337. The SMILES string of the molecule is O=S(=O)(CCCC(F)(F)F)NC1CNc2ccccc2C1. The molecule has 0 bridgehead atoms. The second kappa shape index (κ2) is 6.23. The number of nitrogens with one attached hydrogen (secondary N) is 2. The van der Waals surface area contributed by atoms with Crippen LogP contribution in [-0.2, 0) is 16.4 Å². The zero-order valence-electron chi connectivity index (χ0n) is 11.3. The van der Waals surface area contributed by atoms with E-state index in [2.05, 4.69) is 10.0 Å². The van der Waals surface area contributed by atoms with Gasteiger partial charge in [-0.15, -0.1) is 0 Å². The Morgan fingerprint density at radius 3 is 2.71 bits per heavy atom. The van der Waals surface area contributed by atoms with Crippen LogP contribution in [0, 0.1) is 0 Å². The maximum atomic E-state index is 12.0. The Morgan fingerprint density at radius 2 is 2.00 bits per heavy atom. The predicted molar refractivity (Wildman–Crippen MR) is 74.6 cm³/mol. The molecule has 0 fully saturated rings. The quantitative estimate of drug-likeness (QED) is 0.874. The van der Waals surface area contributed by atoms with Gasteiger partial charge in [0.1, 0.15) is 0 Å². The number of hydrogen-bond donors (Lipinski definition) is 2. The van der Waals surface area contributed by atoms with Crippen LogP contribution in [0.5, 0.6) is 0 Å². The van der Waals surface area contributed by atoms with Gasteiger partial charge in [0.05, 0.1) is 5.75 Å². The molecule has 1 aromatic carbocycles. The first-order valence-electron chi connectivity index (χ1n) is 6.64. The third-order valence-corrected chi connectivity index (χ3v) is 4.76.